The second-order valence-electron chi connectivity index (χ2n) is 8.27. The van der Waals surface area contributed by atoms with Crippen molar-refractivity contribution in [2.24, 2.45) is 5.92 Å². The maximum Gasteiger partial charge on any atom is 0.171 e. The second kappa shape index (κ2) is 9.44. The Bertz CT molecular complexity index is 799. The summed E-state index contributed by atoms with van der Waals surface area (Å²) < 4.78 is 0. The number of nitrogens with one attached hydrogen (secondary N) is 2. The zero-order valence-electron chi connectivity index (χ0n) is 17.2. The molecular formula is C23H31N5S. The van der Waals surface area contributed by atoms with E-state index in [4.69, 9.17) is 12.2 Å². The molecule has 2 fully saturated rings. The van der Waals surface area contributed by atoms with Crippen LogP contribution < -0.4 is 20.4 Å². The molecule has 4 rings (SSSR count). The van der Waals surface area contributed by atoms with Crippen molar-refractivity contribution in [3.63, 3.8) is 0 Å². The van der Waals surface area contributed by atoms with E-state index in [9.17, 15) is 0 Å². The van der Waals surface area contributed by atoms with Gasteiger partial charge in [0.25, 0.3) is 0 Å². The molecular weight excluding hydrogens is 378 g/mol. The monoisotopic (exact) mass is 409 g/mol. The number of benzene rings is 1. The van der Waals surface area contributed by atoms with Crippen molar-refractivity contribution in [1.29, 1.82) is 0 Å². The van der Waals surface area contributed by atoms with E-state index >= 15 is 0 Å². The summed E-state index contributed by atoms with van der Waals surface area (Å²) in [4.78, 5) is 9.45. The fraction of sp³-hybridized carbons (Fsp3) is 0.478. The van der Waals surface area contributed by atoms with Gasteiger partial charge in [-0.15, -0.1) is 0 Å². The first-order valence-corrected chi connectivity index (χ1v) is 11.2. The van der Waals surface area contributed by atoms with E-state index in [1.54, 1.807) is 0 Å². The maximum atomic E-state index is 5.45. The largest absolute Gasteiger partial charge is 0.372 e. The fourth-order valence-corrected chi connectivity index (χ4v) is 4.39. The maximum absolute atomic E-state index is 5.45. The molecule has 1 unspecified atom stereocenters. The minimum atomic E-state index is 0.620. The van der Waals surface area contributed by atoms with Crippen LogP contribution in [0.15, 0.2) is 42.6 Å². The number of pyridine rings is 1. The van der Waals surface area contributed by atoms with Crippen LogP contribution in [0.4, 0.5) is 17.2 Å². The average Bonchev–Trinajstić information content (AvgIpc) is 3.28. The van der Waals surface area contributed by atoms with E-state index in [1.165, 1.54) is 50.0 Å². The summed E-state index contributed by atoms with van der Waals surface area (Å²) in [6, 6.07) is 12.9. The van der Waals surface area contributed by atoms with Crippen molar-refractivity contribution in [1.82, 2.24) is 10.3 Å². The van der Waals surface area contributed by atoms with Crippen LogP contribution in [0, 0.1) is 5.92 Å². The molecule has 3 heterocycles. The fourth-order valence-electron chi connectivity index (χ4n) is 4.20. The molecule has 6 heteroatoms. The lowest BCUT2D eigenvalue weighted by Gasteiger charge is -2.31. The first-order valence-electron chi connectivity index (χ1n) is 10.8. The van der Waals surface area contributed by atoms with Crippen molar-refractivity contribution in [3.05, 3.63) is 48.2 Å². The average molecular weight is 410 g/mol. The summed E-state index contributed by atoms with van der Waals surface area (Å²) in [6.07, 6.45) is 7.03. The highest BCUT2D eigenvalue weighted by Gasteiger charge is 2.17. The molecule has 0 bridgehead atoms. The lowest BCUT2D eigenvalue weighted by atomic mass is 10.0. The highest BCUT2D eigenvalue weighted by Crippen LogP contribution is 2.22. The van der Waals surface area contributed by atoms with Crippen LogP contribution >= 0.6 is 12.2 Å². The number of piperidine rings is 1. The standard InChI is InChI=1S/C23H31N5S/c1-18-5-4-14-28(17-18)22-11-8-20(16-24-22)26-23(29)25-15-19-6-9-21(10-7-19)27-12-2-3-13-27/h6-11,16,18H,2-5,12-15,17H2,1H3,(H2,25,26,29). The number of hydrogen-bond donors (Lipinski definition) is 2. The van der Waals surface area contributed by atoms with Gasteiger partial charge in [-0.1, -0.05) is 19.1 Å². The lowest BCUT2D eigenvalue weighted by molar-refractivity contribution is 0.444. The lowest BCUT2D eigenvalue weighted by Crippen LogP contribution is -2.34. The number of thiocarbonyl (C=S) groups is 1. The van der Waals surface area contributed by atoms with Crippen LogP contribution in [-0.4, -0.2) is 36.3 Å². The van der Waals surface area contributed by atoms with Crippen molar-refractivity contribution in [2.45, 2.75) is 39.2 Å². The molecule has 1 atom stereocenters. The first kappa shape index (κ1) is 20.0. The van der Waals surface area contributed by atoms with Gasteiger partial charge in [0.15, 0.2) is 5.11 Å². The van der Waals surface area contributed by atoms with Crippen LogP contribution in [0.3, 0.4) is 0 Å². The van der Waals surface area contributed by atoms with Gasteiger partial charge in [0, 0.05) is 38.4 Å². The summed E-state index contributed by atoms with van der Waals surface area (Å²) >= 11 is 5.45. The molecule has 154 valence electrons. The minimum Gasteiger partial charge on any atom is -0.372 e. The third-order valence-corrected chi connectivity index (χ3v) is 6.09. The van der Waals surface area contributed by atoms with Gasteiger partial charge in [-0.25, -0.2) is 4.98 Å². The van der Waals surface area contributed by atoms with Crippen LogP contribution in [0.25, 0.3) is 0 Å². The second-order valence-corrected chi connectivity index (χ2v) is 8.68. The predicted octanol–water partition coefficient (Wildman–Crippen LogP) is 4.40. The molecule has 5 nitrogen and oxygen atoms in total. The molecule has 0 radical (unpaired) electrons. The number of aromatic nitrogens is 1. The van der Waals surface area contributed by atoms with Crippen LogP contribution in [0.5, 0.6) is 0 Å². The molecule has 29 heavy (non-hydrogen) atoms. The van der Waals surface area contributed by atoms with Gasteiger partial charge in [-0.3, -0.25) is 0 Å². The Hall–Kier alpha value is -2.34. The van der Waals surface area contributed by atoms with Crippen molar-refractivity contribution in [3.8, 4) is 0 Å². The van der Waals surface area contributed by atoms with E-state index in [-0.39, 0.29) is 0 Å². The molecule has 0 saturated carbocycles. The van der Waals surface area contributed by atoms with E-state index in [0.29, 0.717) is 11.7 Å². The van der Waals surface area contributed by atoms with E-state index in [1.807, 2.05) is 6.20 Å². The number of nitrogens with zero attached hydrogens (tertiary/aromatic N) is 3. The van der Waals surface area contributed by atoms with Crippen LogP contribution in [0.2, 0.25) is 0 Å². The third-order valence-electron chi connectivity index (χ3n) is 5.85. The molecule has 0 spiro atoms. The molecule has 2 aliphatic rings. The summed E-state index contributed by atoms with van der Waals surface area (Å²) in [6.45, 7) is 7.57. The van der Waals surface area contributed by atoms with Crippen LogP contribution in [0.1, 0.15) is 38.2 Å². The zero-order valence-corrected chi connectivity index (χ0v) is 18.0. The molecule has 2 saturated heterocycles. The summed E-state index contributed by atoms with van der Waals surface area (Å²) in [7, 11) is 0. The quantitative estimate of drug-likeness (QED) is 0.714. The Balaban J connectivity index is 1.25. The SMILES string of the molecule is CC1CCCN(c2ccc(NC(=S)NCc3ccc(N4CCCC4)cc3)cn2)C1. The van der Waals surface area contributed by atoms with E-state index in [2.05, 4.69) is 68.7 Å². The Labute approximate surface area is 179 Å². The van der Waals surface area contributed by atoms with Crippen molar-refractivity contribution in [2.75, 3.05) is 41.3 Å². The normalized spacial score (nSPS) is 19.3. The summed E-state index contributed by atoms with van der Waals surface area (Å²) in [5.41, 5.74) is 3.46. The number of hydrogen-bond acceptors (Lipinski definition) is 4. The highest BCUT2D eigenvalue weighted by atomic mass is 32.1. The highest BCUT2D eigenvalue weighted by molar-refractivity contribution is 7.80. The molecule has 0 amide bonds. The molecule has 0 aliphatic carbocycles. The predicted molar refractivity (Wildman–Crippen MR) is 126 cm³/mol. The minimum absolute atomic E-state index is 0.620. The molecule has 2 aliphatic heterocycles. The zero-order chi connectivity index (χ0) is 20.1. The molecule has 2 N–H and O–H groups in total. The molecule has 2 aromatic rings. The smallest absolute Gasteiger partial charge is 0.171 e. The molecule has 1 aromatic carbocycles. The number of rotatable bonds is 5. The first-order chi connectivity index (χ1) is 14.2. The van der Waals surface area contributed by atoms with E-state index < -0.39 is 0 Å². The Morgan fingerprint density at radius 1 is 1.03 bits per heavy atom. The van der Waals surface area contributed by atoms with Crippen molar-refractivity contribution < 1.29 is 0 Å². The third kappa shape index (κ3) is 5.38. The molecule has 1 aromatic heterocycles. The van der Waals surface area contributed by atoms with Crippen LogP contribution in [-0.2, 0) is 6.54 Å². The topological polar surface area (TPSA) is 43.4 Å². The van der Waals surface area contributed by atoms with Gasteiger partial charge in [0.05, 0.1) is 11.9 Å². The van der Waals surface area contributed by atoms with Gasteiger partial charge in [0.2, 0.25) is 0 Å². The van der Waals surface area contributed by atoms with Gasteiger partial charge < -0.3 is 20.4 Å². The van der Waals surface area contributed by atoms with E-state index in [0.717, 1.165) is 30.5 Å². The Morgan fingerprint density at radius 3 is 2.48 bits per heavy atom. The Morgan fingerprint density at radius 2 is 1.79 bits per heavy atom. The van der Waals surface area contributed by atoms with Gasteiger partial charge in [0.1, 0.15) is 5.82 Å². The van der Waals surface area contributed by atoms with Gasteiger partial charge in [-0.2, -0.15) is 0 Å². The Kier molecular flexibility index (Phi) is 6.49. The van der Waals surface area contributed by atoms with Crippen molar-refractivity contribution >= 4 is 34.5 Å². The number of anilines is 3. The van der Waals surface area contributed by atoms with Gasteiger partial charge >= 0.3 is 0 Å². The summed E-state index contributed by atoms with van der Waals surface area (Å²) in [5.74, 6) is 1.80. The van der Waals surface area contributed by atoms with Gasteiger partial charge in [-0.05, 0) is 73.6 Å². The summed E-state index contributed by atoms with van der Waals surface area (Å²) in [5, 5.41) is 7.15.